The number of morpholine rings is 1. The predicted octanol–water partition coefficient (Wildman–Crippen LogP) is 4.43. The van der Waals surface area contributed by atoms with Gasteiger partial charge in [-0.1, -0.05) is 12.1 Å². The summed E-state index contributed by atoms with van der Waals surface area (Å²) in [5, 5.41) is 3.88. The number of rotatable bonds is 7. The van der Waals surface area contributed by atoms with E-state index in [-0.39, 0.29) is 11.3 Å². The van der Waals surface area contributed by atoms with Crippen molar-refractivity contribution in [3.05, 3.63) is 70.7 Å². The first-order chi connectivity index (χ1) is 17.5. The molecule has 0 spiro atoms. The molecule has 36 heavy (non-hydrogen) atoms. The number of benzene rings is 2. The minimum atomic E-state index is -0.653. The molecule has 1 aliphatic rings. The fourth-order valence-electron chi connectivity index (χ4n) is 4.35. The van der Waals surface area contributed by atoms with Crippen molar-refractivity contribution in [1.29, 1.82) is 0 Å². The van der Waals surface area contributed by atoms with Crippen LogP contribution >= 0.6 is 0 Å². The van der Waals surface area contributed by atoms with Gasteiger partial charge >= 0.3 is 5.63 Å². The van der Waals surface area contributed by atoms with Gasteiger partial charge in [0.15, 0.2) is 5.78 Å². The van der Waals surface area contributed by atoms with Crippen molar-refractivity contribution in [2.45, 2.75) is 13.8 Å². The average molecular weight is 487 g/mol. The second kappa shape index (κ2) is 10.2. The van der Waals surface area contributed by atoms with Crippen LogP contribution in [0.3, 0.4) is 0 Å². The van der Waals surface area contributed by atoms with Crippen LogP contribution in [0.1, 0.15) is 24.2 Å². The maximum Gasteiger partial charge on any atom is 0.349 e. The number of para-hydroxylation sites is 1. The normalized spacial score (nSPS) is 13.6. The number of carbonyl (C=O) groups is 1. The Kier molecular flexibility index (Phi) is 6.64. The Hall–Kier alpha value is -4.24. The molecule has 0 saturated carbocycles. The number of nitrogens with zero attached hydrogens (tertiary/aromatic N) is 3. The Bertz CT molecular complexity index is 1480. The van der Waals surface area contributed by atoms with Crippen LogP contribution in [0.2, 0.25) is 0 Å². The average Bonchev–Trinajstić information content (AvgIpc) is 2.89. The number of fused-ring (bicyclic) bond motifs is 1. The Morgan fingerprint density at radius 3 is 2.72 bits per heavy atom. The Balaban J connectivity index is 1.51. The molecular formula is C27H26N4O5. The Morgan fingerprint density at radius 2 is 1.94 bits per heavy atom. The second-order valence-corrected chi connectivity index (χ2v) is 8.30. The van der Waals surface area contributed by atoms with Crippen molar-refractivity contribution < 1.29 is 18.7 Å². The molecule has 184 valence electrons. The van der Waals surface area contributed by atoms with E-state index in [1.165, 1.54) is 6.92 Å². The minimum Gasteiger partial charge on any atom is -0.493 e. The van der Waals surface area contributed by atoms with E-state index >= 15 is 0 Å². The largest absolute Gasteiger partial charge is 0.493 e. The minimum absolute atomic E-state index is 0.0640. The van der Waals surface area contributed by atoms with E-state index in [1.54, 1.807) is 12.3 Å². The first-order valence-corrected chi connectivity index (χ1v) is 11.8. The van der Waals surface area contributed by atoms with Gasteiger partial charge in [0.2, 0.25) is 5.95 Å². The van der Waals surface area contributed by atoms with Gasteiger partial charge < -0.3 is 24.1 Å². The first-order valence-electron chi connectivity index (χ1n) is 11.8. The molecule has 9 nitrogen and oxygen atoms in total. The summed E-state index contributed by atoms with van der Waals surface area (Å²) in [7, 11) is 0. The zero-order chi connectivity index (χ0) is 25.1. The number of anilines is 3. The highest BCUT2D eigenvalue weighted by atomic mass is 16.5. The van der Waals surface area contributed by atoms with Gasteiger partial charge in [-0.15, -0.1) is 0 Å². The third-order valence-corrected chi connectivity index (χ3v) is 5.93. The van der Waals surface area contributed by atoms with Crippen LogP contribution in [0.4, 0.5) is 17.3 Å². The number of aromatic nitrogens is 2. The predicted molar refractivity (Wildman–Crippen MR) is 137 cm³/mol. The lowest BCUT2D eigenvalue weighted by molar-refractivity contribution is 0.101. The molecule has 0 atom stereocenters. The number of carbonyl (C=O) groups excluding carboxylic acids is 1. The van der Waals surface area contributed by atoms with E-state index < -0.39 is 5.63 Å². The fourth-order valence-corrected chi connectivity index (χ4v) is 4.35. The van der Waals surface area contributed by atoms with Gasteiger partial charge in [-0.25, -0.2) is 14.8 Å². The summed E-state index contributed by atoms with van der Waals surface area (Å²) in [5.41, 5.74) is 2.59. The molecule has 5 rings (SSSR count). The maximum absolute atomic E-state index is 12.8. The Morgan fingerprint density at radius 1 is 1.14 bits per heavy atom. The van der Waals surface area contributed by atoms with Crippen LogP contribution in [0.25, 0.3) is 22.2 Å². The summed E-state index contributed by atoms with van der Waals surface area (Å²) in [6, 6.07) is 14.9. The van der Waals surface area contributed by atoms with Crippen LogP contribution in [0.15, 0.2) is 63.9 Å². The van der Waals surface area contributed by atoms with Crippen molar-refractivity contribution in [3.8, 4) is 17.0 Å². The molecule has 2 aromatic carbocycles. The van der Waals surface area contributed by atoms with Crippen molar-refractivity contribution in [2.24, 2.45) is 0 Å². The smallest absolute Gasteiger partial charge is 0.349 e. The Labute approximate surface area is 207 Å². The van der Waals surface area contributed by atoms with E-state index in [9.17, 15) is 9.59 Å². The molecular weight excluding hydrogens is 460 g/mol. The van der Waals surface area contributed by atoms with Crippen LogP contribution in [0, 0.1) is 0 Å². The zero-order valence-electron chi connectivity index (χ0n) is 20.1. The number of nitrogens with one attached hydrogen (secondary N) is 1. The molecule has 1 fully saturated rings. The van der Waals surface area contributed by atoms with Crippen molar-refractivity contribution in [2.75, 3.05) is 43.1 Å². The molecule has 2 aromatic heterocycles. The van der Waals surface area contributed by atoms with E-state index in [0.29, 0.717) is 66.9 Å². The molecule has 4 aromatic rings. The molecule has 0 unspecified atom stereocenters. The lowest BCUT2D eigenvalue weighted by Crippen LogP contribution is -2.38. The molecule has 1 aliphatic heterocycles. The molecule has 0 amide bonds. The fraction of sp³-hybridized carbons (Fsp3) is 0.259. The number of hydrogen-bond acceptors (Lipinski definition) is 9. The standard InChI is InChI=1S/C27H26N4O5/c1-3-35-22-7-5-4-6-19(22)21-10-11-28-27(30-21)29-18-8-9-20-23(16-18)36-26(33)24(17(2)32)25(20)31-12-14-34-15-13-31/h4-11,16H,3,12-15H2,1-2H3,(H,28,29,30). The highest BCUT2D eigenvalue weighted by Gasteiger charge is 2.24. The van der Waals surface area contributed by atoms with E-state index in [2.05, 4.69) is 15.3 Å². The van der Waals surface area contributed by atoms with Gasteiger partial charge in [-0.3, -0.25) is 4.79 Å². The SMILES string of the molecule is CCOc1ccccc1-c1ccnc(Nc2ccc3c(N4CCOCC4)c(C(C)=O)c(=O)oc3c2)n1. The summed E-state index contributed by atoms with van der Waals surface area (Å²) >= 11 is 0. The van der Waals surface area contributed by atoms with Gasteiger partial charge in [0.1, 0.15) is 16.9 Å². The molecule has 0 aliphatic carbocycles. The summed E-state index contributed by atoms with van der Waals surface area (Å²) < 4.78 is 16.8. The summed E-state index contributed by atoms with van der Waals surface area (Å²) in [6.45, 7) is 6.09. The molecule has 9 heteroatoms. The topological polar surface area (TPSA) is 107 Å². The summed E-state index contributed by atoms with van der Waals surface area (Å²) in [6.07, 6.45) is 1.67. The van der Waals surface area contributed by atoms with Crippen LogP contribution in [-0.4, -0.2) is 48.7 Å². The van der Waals surface area contributed by atoms with Gasteiger partial charge in [-0.05, 0) is 44.2 Å². The van der Waals surface area contributed by atoms with Crippen molar-refractivity contribution in [3.63, 3.8) is 0 Å². The molecule has 1 N–H and O–H groups in total. The van der Waals surface area contributed by atoms with Gasteiger partial charge in [0, 0.05) is 42.0 Å². The number of Topliss-reactive ketones (excluding diaryl/α,β-unsaturated/α-hetero) is 1. The monoisotopic (exact) mass is 486 g/mol. The number of ether oxygens (including phenoxy) is 2. The highest BCUT2D eigenvalue weighted by Crippen LogP contribution is 2.33. The zero-order valence-corrected chi connectivity index (χ0v) is 20.1. The second-order valence-electron chi connectivity index (χ2n) is 8.30. The van der Waals surface area contributed by atoms with E-state index in [0.717, 1.165) is 11.3 Å². The van der Waals surface area contributed by atoms with Gasteiger partial charge in [0.25, 0.3) is 0 Å². The lowest BCUT2D eigenvalue weighted by atomic mass is 10.1. The maximum atomic E-state index is 12.8. The third kappa shape index (κ3) is 4.65. The van der Waals surface area contributed by atoms with Crippen molar-refractivity contribution >= 4 is 34.1 Å². The van der Waals surface area contributed by atoms with Crippen LogP contribution in [0.5, 0.6) is 5.75 Å². The molecule has 0 bridgehead atoms. The van der Waals surface area contributed by atoms with Crippen LogP contribution < -0.4 is 20.6 Å². The highest BCUT2D eigenvalue weighted by molar-refractivity contribution is 6.07. The summed E-state index contributed by atoms with van der Waals surface area (Å²) in [5.74, 6) is 0.801. The molecule has 3 heterocycles. The third-order valence-electron chi connectivity index (χ3n) is 5.93. The molecule has 0 radical (unpaired) electrons. The quantitative estimate of drug-likeness (QED) is 0.300. The van der Waals surface area contributed by atoms with Gasteiger partial charge in [-0.2, -0.15) is 0 Å². The molecule has 1 saturated heterocycles. The van der Waals surface area contributed by atoms with Gasteiger partial charge in [0.05, 0.1) is 31.2 Å². The van der Waals surface area contributed by atoms with E-state index in [1.807, 2.05) is 54.3 Å². The van der Waals surface area contributed by atoms with Crippen molar-refractivity contribution in [1.82, 2.24) is 9.97 Å². The number of ketones is 1. The lowest BCUT2D eigenvalue weighted by Gasteiger charge is -2.30. The van der Waals surface area contributed by atoms with Crippen LogP contribution in [-0.2, 0) is 4.74 Å². The first kappa shape index (κ1) is 23.5. The number of hydrogen-bond donors (Lipinski definition) is 1. The summed E-state index contributed by atoms with van der Waals surface area (Å²) in [4.78, 5) is 36.1. The van der Waals surface area contributed by atoms with E-state index in [4.69, 9.17) is 13.9 Å².